The zero-order chi connectivity index (χ0) is 22.3. The summed E-state index contributed by atoms with van der Waals surface area (Å²) in [6, 6.07) is 14.1. The van der Waals surface area contributed by atoms with Crippen molar-refractivity contribution in [1.29, 1.82) is 0 Å². The standard InChI is InChI=1S/C23H25N3O5S/c27-15-20(16-4-2-1-3-5-16)23(28)25-11-17-13-26(14-18(17)12-25)32(29,30)19-6-7-22-21(10-19)24-8-9-31-22/h1-7,10,20,24,27H,8-9,11-15H2. The van der Waals surface area contributed by atoms with E-state index in [0.29, 0.717) is 37.7 Å². The maximum absolute atomic E-state index is 13.2. The Labute approximate surface area is 187 Å². The number of nitrogens with zero attached hydrogens (tertiary/aromatic N) is 2. The van der Waals surface area contributed by atoms with E-state index in [1.807, 2.05) is 30.3 Å². The van der Waals surface area contributed by atoms with Crippen molar-refractivity contribution in [3.63, 3.8) is 0 Å². The molecule has 0 aromatic heterocycles. The maximum Gasteiger partial charge on any atom is 0.243 e. The fourth-order valence-corrected chi connectivity index (χ4v) is 5.99. The Hall–Kier alpha value is -2.88. The first-order valence-corrected chi connectivity index (χ1v) is 12.1. The molecule has 2 N–H and O–H groups in total. The molecule has 0 aliphatic carbocycles. The molecule has 32 heavy (non-hydrogen) atoms. The van der Waals surface area contributed by atoms with Gasteiger partial charge in [-0.05, 0) is 34.9 Å². The summed E-state index contributed by atoms with van der Waals surface area (Å²) in [5.41, 5.74) is 3.39. The Morgan fingerprint density at radius 2 is 1.78 bits per heavy atom. The van der Waals surface area contributed by atoms with Crippen molar-refractivity contribution < 1.29 is 23.1 Å². The Morgan fingerprint density at radius 3 is 2.47 bits per heavy atom. The number of hydrogen-bond acceptors (Lipinski definition) is 6. The molecule has 1 amide bonds. The molecule has 8 nitrogen and oxygen atoms in total. The third-order valence-electron chi connectivity index (χ3n) is 6.26. The first kappa shape index (κ1) is 21.0. The third kappa shape index (κ3) is 3.66. The Morgan fingerprint density at radius 1 is 1.06 bits per heavy atom. The van der Waals surface area contributed by atoms with Crippen LogP contribution < -0.4 is 10.1 Å². The van der Waals surface area contributed by atoms with E-state index in [1.54, 1.807) is 23.1 Å². The minimum atomic E-state index is -3.66. The lowest BCUT2D eigenvalue weighted by Crippen LogP contribution is -2.39. The number of carbonyl (C=O) groups excluding carboxylic acids is 1. The van der Waals surface area contributed by atoms with Crippen LogP contribution in [0.2, 0.25) is 0 Å². The van der Waals surface area contributed by atoms with E-state index in [0.717, 1.165) is 16.7 Å². The molecule has 3 heterocycles. The molecule has 168 valence electrons. The Kier molecular flexibility index (Phi) is 5.40. The monoisotopic (exact) mass is 455 g/mol. The first-order chi connectivity index (χ1) is 15.5. The van der Waals surface area contributed by atoms with Gasteiger partial charge in [-0.1, -0.05) is 30.3 Å². The van der Waals surface area contributed by atoms with Gasteiger partial charge in [-0.15, -0.1) is 0 Å². The van der Waals surface area contributed by atoms with E-state index in [9.17, 15) is 18.3 Å². The van der Waals surface area contributed by atoms with E-state index in [-0.39, 0.29) is 30.5 Å². The lowest BCUT2D eigenvalue weighted by atomic mass is 9.98. The van der Waals surface area contributed by atoms with Gasteiger partial charge >= 0.3 is 0 Å². The minimum absolute atomic E-state index is 0.136. The molecule has 9 heteroatoms. The van der Waals surface area contributed by atoms with Gasteiger partial charge in [-0.25, -0.2) is 8.42 Å². The highest BCUT2D eigenvalue weighted by atomic mass is 32.2. The van der Waals surface area contributed by atoms with E-state index < -0.39 is 15.9 Å². The summed E-state index contributed by atoms with van der Waals surface area (Å²) in [4.78, 5) is 15.0. The van der Waals surface area contributed by atoms with Gasteiger partial charge in [0.25, 0.3) is 0 Å². The topological polar surface area (TPSA) is 99.2 Å². The predicted octanol–water partition coefficient (Wildman–Crippen LogP) is 1.41. The number of rotatable bonds is 5. The van der Waals surface area contributed by atoms with Crippen LogP contribution in [0, 0.1) is 0 Å². The molecule has 0 saturated carbocycles. The van der Waals surface area contributed by atoms with Crippen LogP contribution in [0.25, 0.3) is 0 Å². The number of hydrogen-bond donors (Lipinski definition) is 2. The van der Waals surface area contributed by atoms with Gasteiger partial charge < -0.3 is 20.1 Å². The third-order valence-corrected chi connectivity index (χ3v) is 8.04. The Bertz CT molecular complexity index is 1160. The average molecular weight is 456 g/mol. The number of anilines is 1. The Balaban J connectivity index is 1.27. The number of aliphatic hydroxyl groups is 1. The van der Waals surface area contributed by atoms with Crippen molar-refractivity contribution in [2.24, 2.45) is 0 Å². The summed E-state index contributed by atoms with van der Waals surface area (Å²) in [7, 11) is -3.66. The molecule has 0 spiro atoms. The average Bonchev–Trinajstić information content (AvgIpc) is 3.40. The molecular formula is C23H25N3O5S. The molecule has 3 aliphatic rings. The molecule has 1 atom stereocenters. The zero-order valence-electron chi connectivity index (χ0n) is 17.5. The van der Waals surface area contributed by atoms with Crippen LogP contribution >= 0.6 is 0 Å². The van der Waals surface area contributed by atoms with Crippen LogP contribution in [0.15, 0.2) is 64.6 Å². The molecular weight excluding hydrogens is 430 g/mol. The number of fused-ring (bicyclic) bond motifs is 1. The van der Waals surface area contributed by atoms with Gasteiger partial charge in [0.2, 0.25) is 15.9 Å². The van der Waals surface area contributed by atoms with Crippen LogP contribution in [0.4, 0.5) is 5.69 Å². The highest BCUT2D eigenvalue weighted by Crippen LogP contribution is 2.34. The van der Waals surface area contributed by atoms with Gasteiger partial charge in [-0.3, -0.25) is 4.79 Å². The van der Waals surface area contributed by atoms with Gasteiger partial charge in [-0.2, -0.15) is 4.31 Å². The number of benzene rings is 2. The van der Waals surface area contributed by atoms with Gasteiger partial charge in [0.05, 0.1) is 23.1 Å². The fourth-order valence-electron chi connectivity index (χ4n) is 4.53. The number of nitrogens with one attached hydrogen (secondary N) is 1. The van der Waals surface area contributed by atoms with Crippen molar-refractivity contribution in [3.8, 4) is 5.75 Å². The lowest BCUT2D eigenvalue weighted by molar-refractivity contribution is -0.132. The summed E-state index contributed by atoms with van der Waals surface area (Å²) in [6.45, 7) is 2.26. The zero-order valence-corrected chi connectivity index (χ0v) is 18.3. The summed E-state index contributed by atoms with van der Waals surface area (Å²) >= 11 is 0. The number of aliphatic hydroxyl groups excluding tert-OH is 1. The molecule has 2 aromatic rings. The normalized spacial score (nSPS) is 19.2. The van der Waals surface area contributed by atoms with E-state index in [4.69, 9.17) is 4.74 Å². The summed E-state index contributed by atoms with van der Waals surface area (Å²) in [6.07, 6.45) is 0. The van der Waals surface area contributed by atoms with Gasteiger partial charge in [0.1, 0.15) is 12.4 Å². The molecule has 0 radical (unpaired) electrons. The van der Waals surface area contributed by atoms with Gasteiger partial charge in [0.15, 0.2) is 0 Å². The SMILES string of the molecule is O=C(C(CO)c1ccccc1)N1CC2=C(C1)CN(S(=O)(=O)c1ccc3c(c1)NCCO3)C2. The molecule has 0 fully saturated rings. The van der Waals surface area contributed by atoms with Crippen molar-refractivity contribution in [3.05, 3.63) is 65.2 Å². The van der Waals surface area contributed by atoms with Crippen LogP contribution in [-0.2, 0) is 14.8 Å². The van der Waals surface area contributed by atoms with Crippen molar-refractivity contribution in [2.75, 3.05) is 51.3 Å². The quantitative estimate of drug-likeness (QED) is 0.662. The second-order valence-corrected chi connectivity index (χ2v) is 10.2. The number of sulfonamides is 1. The predicted molar refractivity (Wildman–Crippen MR) is 119 cm³/mol. The van der Waals surface area contributed by atoms with Crippen LogP contribution in [-0.4, -0.2) is 74.6 Å². The van der Waals surface area contributed by atoms with Crippen LogP contribution in [0.1, 0.15) is 11.5 Å². The van der Waals surface area contributed by atoms with Crippen molar-refractivity contribution >= 4 is 21.6 Å². The highest BCUT2D eigenvalue weighted by molar-refractivity contribution is 7.89. The molecule has 0 saturated heterocycles. The van der Waals surface area contributed by atoms with Crippen LogP contribution in [0.3, 0.4) is 0 Å². The number of ether oxygens (including phenoxy) is 1. The molecule has 3 aliphatic heterocycles. The highest BCUT2D eigenvalue weighted by Gasteiger charge is 2.39. The van der Waals surface area contributed by atoms with E-state index in [2.05, 4.69) is 5.32 Å². The van der Waals surface area contributed by atoms with Crippen LogP contribution in [0.5, 0.6) is 5.75 Å². The van der Waals surface area contributed by atoms with Crippen molar-refractivity contribution in [2.45, 2.75) is 10.8 Å². The molecule has 2 aromatic carbocycles. The lowest BCUT2D eigenvalue weighted by Gasteiger charge is -2.26. The molecule has 0 bridgehead atoms. The maximum atomic E-state index is 13.2. The smallest absolute Gasteiger partial charge is 0.243 e. The minimum Gasteiger partial charge on any atom is -0.490 e. The summed E-state index contributed by atoms with van der Waals surface area (Å²) < 4.78 is 33.4. The second kappa shape index (κ2) is 8.23. The fraction of sp³-hybridized carbons (Fsp3) is 0.348. The summed E-state index contributed by atoms with van der Waals surface area (Å²) in [5, 5.41) is 13.0. The van der Waals surface area contributed by atoms with E-state index >= 15 is 0 Å². The van der Waals surface area contributed by atoms with Gasteiger partial charge in [0, 0.05) is 32.7 Å². The molecule has 1 unspecified atom stereocenters. The largest absolute Gasteiger partial charge is 0.490 e. The van der Waals surface area contributed by atoms with Crippen molar-refractivity contribution in [1.82, 2.24) is 9.21 Å². The molecule has 5 rings (SSSR count). The number of carbonyl (C=O) groups is 1. The number of amides is 1. The second-order valence-electron chi connectivity index (χ2n) is 8.25. The first-order valence-electron chi connectivity index (χ1n) is 10.6. The van der Waals surface area contributed by atoms with E-state index in [1.165, 1.54) is 4.31 Å². The summed E-state index contributed by atoms with van der Waals surface area (Å²) in [5.74, 6) is -0.0900.